The van der Waals surface area contributed by atoms with Gasteiger partial charge in [0.1, 0.15) is 0 Å². The van der Waals surface area contributed by atoms with E-state index in [9.17, 15) is 14.7 Å². The van der Waals surface area contributed by atoms with Crippen molar-refractivity contribution in [3.8, 4) is 0 Å². The monoisotopic (exact) mass is 351 g/mol. The summed E-state index contributed by atoms with van der Waals surface area (Å²) in [6.45, 7) is 2.01. The molecule has 3 N–H and O–H groups in total. The van der Waals surface area contributed by atoms with Crippen molar-refractivity contribution in [3.63, 3.8) is 0 Å². The van der Waals surface area contributed by atoms with E-state index in [-0.39, 0.29) is 24.8 Å². The summed E-state index contributed by atoms with van der Waals surface area (Å²) in [5.74, 6) is -0.235. The molecule has 6 nitrogen and oxygen atoms in total. The van der Waals surface area contributed by atoms with E-state index in [2.05, 4.69) is 15.5 Å². The highest BCUT2D eigenvalue weighted by Crippen LogP contribution is 2.29. The highest BCUT2D eigenvalue weighted by Gasteiger charge is 2.37. The predicted molar refractivity (Wildman–Crippen MR) is 92.6 cm³/mol. The molecule has 0 aromatic carbocycles. The fraction of sp³-hybridized carbons (Fsp3) is 0.647. The maximum atomic E-state index is 12.5. The van der Waals surface area contributed by atoms with Gasteiger partial charge in [-0.1, -0.05) is 18.9 Å². The van der Waals surface area contributed by atoms with Crippen LogP contribution in [-0.2, 0) is 16.1 Å². The van der Waals surface area contributed by atoms with Crippen molar-refractivity contribution in [1.82, 2.24) is 15.5 Å². The van der Waals surface area contributed by atoms with Gasteiger partial charge in [0.15, 0.2) is 0 Å². The van der Waals surface area contributed by atoms with Gasteiger partial charge in [-0.05, 0) is 24.3 Å². The fourth-order valence-corrected chi connectivity index (χ4v) is 4.40. The molecular formula is C17H25N3O3S. The van der Waals surface area contributed by atoms with Gasteiger partial charge in [-0.25, -0.2) is 0 Å². The minimum Gasteiger partial charge on any atom is -0.394 e. The highest BCUT2D eigenvalue weighted by atomic mass is 32.1. The third-order valence-electron chi connectivity index (χ3n) is 5.03. The standard InChI is InChI=1S/C17H25N3O3S/c21-12-17(5-1-2-6-17)19-15(22)10-14-16(23)18-7-8-20(14)11-13-4-3-9-24-13/h3-4,9,14,21H,1-2,5-8,10-12H2,(H,18,23)(H,19,22)/t14-/m0/s1. The Hall–Kier alpha value is -1.44. The molecule has 2 aliphatic rings. The second-order valence-corrected chi connectivity index (χ2v) is 7.79. The predicted octanol–water partition coefficient (Wildman–Crippen LogP) is 0.860. The van der Waals surface area contributed by atoms with Crippen LogP contribution in [0.4, 0.5) is 0 Å². The number of hydrogen-bond acceptors (Lipinski definition) is 5. The summed E-state index contributed by atoms with van der Waals surface area (Å²) in [6.07, 6.45) is 3.81. The van der Waals surface area contributed by atoms with E-state index in [1.807, 2.05) is 17.5 Å². The van der Waals surface area contributed by atoms with E-state index >= 15 is 0 Å². The Balaban J connectivity index is 1.63. The van der Waals surface area contributed by atoms with Crippen LogP contribution in [-0.4, -0.2) is 53.1 Å². The summed E-state index contributed by atoms with van der Waals surface area (Å²) < 4.78 is 0. The third kappa shape index (κ3) is 3.96. The molecule has 1 saturated heterocycles. The summed E-state index contributed by atoms with van der Waals surface area (Å²) in [5.41, 5.74) is -0.485. The van der Waals surface area contributed by atoms with Gasteiger partial charge in [-0.3, -0.25) is 14.5 Å². The number of amides is 2. The number of rotatable bonds is 6. The van der Waals surface area contributed by atoms with Crippen LogP contribution in [0.15, 0.2) is 17.5 Å². The quantitative estimate of drug-likeness (QED) is 0.710. The zero-order valence-corrected chi connectivity index (χ0v) is 14.6. The molecule has 7 heteroatoms. The van der Waals surface area contributed by atoms with E-state index in [1.165, 1.54) is 4.88 Å². The highest BCUT2D eigenvalue weighted by molar-refractivity contribution is 7.09. The zero-order chi connectivity index (χ0) is 17.0. The molecule has 1 aromatic rings. The Labute approximate surface area is 146 Å². The molecule has 2 fully saturated rings. The third-order valence-corrected chi connectivity index (χ3v) is 5.89. The van der Waals surface area contributed by atoms with Gasteiger partial charge in [0.05, 0.1) is 24.6 Å². The zero-order valence-electron chi connectivity index (χ0n) is 13.8. The molecule has 1 atom stereocenters. The maximum Gasteiger partial charge on any atom is 0.237 e. The lowest BCUT2D eigenvalue weighted by molar-refractivity contribution is -0.135. The molecule has 0 spiro atoms. The van der Waals surface area contributed by atoms with Crippen LogP contribution in [0.1, 0.15) is 37.0 Å². The Kier molecular flexibility index (Phi) is 5.53. The number of carbonyl (C=O) groups excluding carboxylic acids is 2. The normalized spacial score (nSPS) is 23.9. The van der Waals surface area contributed by atoms with Gasteiger partial charge in [-0.15, -0.1) is 11.3 Å². The molecule has 1 saturated carbocycles. The van der Waals surface area contributed by atoms with Gasteiger partial charge in [0.25, 0.3) is 0 Å². The number of carbonyl (C=O) groups is 2. The van der Waals surface area contributed by atoms with E-state index in [0.717, 1.165) is 32.2 Å². The van der Waals surface area contributed by atoms with Crippen LogP contribution >= 0.6 is 11.3 Å². The van der Waals surface area contributed by atoms with Crippen molar-refractivity contribution in [3.05, 3.63) is 22.4 Å². The Bertz CT molecular complexity index is 570. The van der Waals surface area contributed by atoms with Gasteiger partial charge in [-0.2, -0.15) is 0 Å². The molecule has 2 amide bonds. The average Bonchev–Trinajstić information content (AvgIpc) is 3.23. The molecular weight excluding hydrogens is 326 g/mol. The average molecular weight is 351 g/mol. The van der Waals surface area contributed by atoms with E-state index < -0.39 is 11.6 Å². The maximum absolute atomic E-state index is 12.5. The largest absolute Gasteiger partial charge is 0.394 e. The summed E-state index contributed by atoms with van der Waals surface area (Å²) in [4.78, 5) is 28.0. The first-order chi connectivity index (χ1) is 11.6. The molecule has 3 rings (SSSR count). The molecule has 1 aliphatic carbocycles. The van der Waals surface area contributed by atoms with Crippen molar-refractivity contribution in [2.24, 2.45) is 0 Å². The SMILES string of the molecule is O=C(C[C@H]1C(=O)NCCN1Cc1cccs1)NC1(CO)CCCC1. The van der Waals surface area contributed by atoms with E-state index in [4.69, 9.17) is 0 Å². The van der Waals surface area contributed by atoms with Crippen molar-refractivity contribution < 1.29 is 14.7 Å². The first-order valence-corrected chi connectivity index (χ1v) is 9.46. The second-order valence-electron chi connectivity index (χ2n) is 6.75. The smallest absolute Gasteiger partial charge is 0.237 e. The van der Waals surface area contributed by atoms with Crippen LogP contribution in [0, 0.1) is 0 Å². The second kappa shape index (κ2) is 7.63. The van der Waals surface area contributed by atoms with Gasteiger partial charge in [0.2, 0.25) is 11.8 Å². The molecule has 2 heterocycles. The Morgan fingerprint density at radius 1 is 1.46 bits per heavy atom. The van der Waals surface area contributed by atoms with E-state index in [0.29, 0.717) is 13.1 Å². The number of aliphatic hydroxyl groups is 1. The van der Waals surface area contributed by atoms with Crippen molar-refractivity contribution >= 4 is 23.2 Å². The van der Waals surface area contributed by atoms with Crippen molar-refractivity contribution in [2.45, 2.75) is 50.2 Å². The van der Waals surface area contributed by atoms with Crippen LogP contribution in [0.3, 0.4) is 0 Å². The Morgan fingerprint density at radius 3 is 2.92 bits per heavy atom. The molecule has 0 radical (unpaired) electrons. The summed E-state index contributed by atoms with van der Waals surface area (Å²) in [7, 11) is 0. The van der Waals surface area contributed by atoms with Gasteiger partial charge >= 0.3 is 0 Å². The summed E-state index contributed by atoms with van der Waals surface area (Å²) >= 11 is 1.66. The number of thiophene rings is 1. The molecule has 132 valence electrons. The van der Waals surface area contributed by atoms with Crippen LogP contribution in [0.25, 0.3) is 0 Å². The minimum absolute atomic E-state index is 0.0332. The van der Waals surface area contributed by atoms with Crippen LogP contribution in [0.5, 0.6) is 0 Å². The summed E-state index contributed by atoms with van der Waals surface area (Å²) in [6, 6.07) is 3.60. The van der Waals surface area contributed by atoms with E-state index in [1.54, 1.807) is 11.3 Å². The number of piperazine rings is 1. The topological polar surface area (TPSA) is 81.7 Å². The number of nitrogens with zero attached hydrogens (tertiary/aromatic N) is 1. The molecule has 0 bridgehead atoms. The first kappa shape index (κ1) is 17.4. The lowest BCUT2D eigenvalue weighted by atomic mass is 9.98. The van der Waals surface area contributed by atoms with Crippen molar-refractivity contribution in [1.29, 1.82) is 0 Å². The number of nitrogens with one attached hydrogen (secondary N) is 2. The molecule has 0 unspecified atom stereocenters. The summed E-state index contributed by atoms with van der Waals surface area (Å²) in [5, 5.41) is 17.5. The minimum atomic E-state index is -0.485. The van der Waals surface area contributed by atoms with Crippen LogP contribution < -0.4 is 10.6 Å². The number of hydrogen-bond donors (Lipinski definition) is 3. The Morgan fingerprint density at radius 2 is 2.25 bits per heavy atom. The lowest BCUT2D eigenvalue weighted by Crippen LogP contribution is -2.57. The van der Waals surface area contributed by atoms with Gasteiger partial charge in [0, 0.05) is 24.5 Å². The molecule has 1 aromatic heterocycles. The van der Waals surface area contributed by atoms with Gasteiger partial charge < -0.3 is 15.7 Å². The fourth-order valence-electron chi connectivity index (χ4n) is 3.67. The first-order valence-electron chi connectivity index (χ1n) is 8.58. The lowest BCUT2D eigenvalue weighted by Gasteiger charge is -2.35. The van der Waals surface area contributed by atoms with Crippen LogP contribution in [0.2, 0.25) is 0 Å². The number of aliphatic hydroxyl groups excluding tert-OH is 1. The molecule has 1 aliphatic heterocycles. The van der Waals surface area contributed by atoms with Crippen molar-refractivity contribution in [2.75, 3.05) is 19.7 Å². The molecule has 24 heavy (non-hydrogen) atoms.